The number of fused-ring (bicyclic) bond motifs is 1. The molecule has 0 spiro atoms. The van der Waals surface area contributed by atoms with E-state index in [2.05, 4.69) is 34.0 Å². The highest BCUT2D eigenvalue weighted by molar-refractivity contribution is 9.10. The molecule has 0 radical (unpaired) electrons. The summed E-state index contributed by atoms with van der Waals surface area (Å²) in [4.78, 5) is 0. The predicted molar refractivity (Wildman–Crippen MR) is 58.6 cm³/mol. The van der Waals surface area contributed by atoms with Crippen LogP contribution in [0.5, 0.6) is 0 Å². The Morgan fingerprint density at radius 2 is 2.08 bits per heavy atom. The number of benzene rings is 1. The van der Waals surface area contributed by atoms with Crippen molar-refractivity contribution in [2.24, 2.45) is 7.05 Å². The summed E-state index contributed by atoms with van der Waals surface area (Å²) < 4.78 is 3.02. The number of rotatable bonds is 0. The maximum absolute atomic E-state index is 5.41. The van der Waals surface area contributed by atoms with Gasteiger partial charge in [0.25, 0.3) is 0 Å². The normalized spacial score (nSPS) is 10.2. The molecular weight excluding hydrogens is 226 g/mol. The third kappa shape index (κ3) is 1.08. The monoisotopic (exact) mass is 233 g/mol. The second kappa shape index (κ2) is 2.93. The van der Waals surface area contributed by atoms with Crippen LogP contribution in [0.15, 0.2) is 28.7 Å². The standard InChI is InChI=1S/C11H8BrN/c1-3-9-11(12)8-6-4-5-7-10(8)13(9)2/h1,4-7H,2H3. The molecule has 13 heavy (non-hydrogen) atoms. The van der Waals surface area contributed by atoms with Crippen molar-refractivity contribution < 1.29 is 0 Å². The van der Waals surface area contributed by atoms with Gasteiger partial charge in [0.05, 0.1) is 4.47 Å². The average molecular weight is 234 g/mol. The quantitative estimate of drug-likeness (QED) is 0.617. The molecular formula is C11H8BrN. The summed E-state index contributed by atoms with van der Waals surface area (Å²) in [6.45, 7) is 0. The number of nitrogens with zero attached hydrogens (tertiary/aromatic N) is 1. The molecule has 0 atom stereocenters. The van der Waals surface area contributed by atoms with Gasteiger partial charge in [0, 0.05) is 18.0 Å². The van der Waals surface area contributed by atoms with Crippen LogP contribution < -0.4 is 0 Å². The van der Waals surface area contributed by atoms with E-state index in [1.165, 1.54) is 0 Å². The lowest BCUT2D eigenvalue weighted by Crippen LogP contribution is -1.90. The molecule has 2 aromatic rings. The third-order valence-corrected chi connectivity index (χ3v) is 2.98. The van der Waals surface area contributed by atoms with E-state index in [4.69, 9.17) is 6.42 Å². The van der Waals surface area contributed by atoms with E-state index in [1.54, 1.807) is 0 Å². The van der Waals surface area contributed by atoms with Crippen molar-refractivity contribution in [3.05, 3.63) is 34.4 Å². The highest BCUT2D eigenvalue weighted by Crippen LogP contribution is 2.29. The van der Waals surface area contributed by atoms with Crippen molar-refractivity contribution in [2.75, 3.05) is 0 Å². The predicted octanol–water partition coefficient (Wildman–Crippen LogP) is 2.92. The van der Waals surface area contributed by atoms with Crippen molar-refractivity contribution >= 4 is 26.8 Å². The van der Waals surface area contributed by atoms with Crippen molar-refractivity contribution in [3.8, 4) is 12.3 Å². The van der Waals surface area contributed by atoms with Gasteiger partial charge in [-0.2, -0.15) is 0 Å². The SMILES string of the molecule is C#Cc1c(Br)c2ccccc2n1C. The first-order chi connectivity index (χ1) is 6.25. The molecule has 64 valence electrons. The van der Waals surface area contributed by atoms with Crippen molar-refractivity contribution in [1.82, 2.24) is 4.57 Å². The number of hydrogen-bond donors (Lipinski definition) is 0. The third-order valence-electron chi connectivity index (χ3n) is 2.18. The molecule has 0 aliphatic rings. The molecule has 2 heteroatoms. The zero-order valence-electron chi connectivity index (χ0n) is 7.21. The van der Waals surface area contributed by atoms with Gasteiger partial charge in [0.15, 0.2) is 0 Å². The van der Waals surface area contributed by atoms with Crippen LogP contribution in [0.4, 0.5) is 0 Å². The Morgan fingerprint density at radius 3 is 2.69 bits per heavy atom. The summed E-state index contributed by atoms with van der Waals surface area (Å²) in [5.74, 6) is 2.67. The topological polar surface area (TPSA) is 4.93 Å². The highest BCUT2D eigenvalue weighted by atomic mass is 79.9. The van der Waals surface area contributed by atoms with Crippen molar-refractivity contribution in [2.45, 2.75) is 0 Å². The van der Waals surface area contributed by atoms with Gasteiger partial charge < -0.3 is 4.57 Å². The van der Waals surface area contributed by atoms with Crippen LogP contribution in [0.25, 0.3) is 10.9 Å². The summed E-state index contributed by atoms with van der Waals surface area (Å²) in [7, 11) is 1.97. The van der Waals surface area contributed by atoms with Gasteiger partial charge in [0.2, 0.25) is 0 Å². The van der Waals surface area contributed by atoms with E-state index >= 15 is 0 Å². The molecule has 0 N–H and O–H groups in total. The molecule has 1 nitrogen and oxygen atoms in total. The van der Waals surface area contributed by atoms with Crippen LogP contribution in [-0.2, 0) is 7.05 Å². The maximum atomic E-state index is 5.41. The van der Waals surface area contributed by atoms with Crippen LogP contribution in [0.3, 0.4) is 0 Å². The summed E-state index contributed by atoms with van der Waals surface area (Å²) in [5, 5.41) is 1.16. The molecule has 1 aromatic heterocycles. The molecule has 0 aliphatic heterocycles. The summed E-state index contributed by atoms with van der Waals surface area (Å²) in [6, 6.07) is 8.13. The van der Waals surface area contributed by atoms with Gasteiger partial charge in [0.1, 0.15) is 5.69 Å². The number of aryl methyl sites for hydroxylation is 1. The first kappa shape index (κ1) is 8.40. The minimum Gasteiger partial charge on any atom is -0.336 e. The number of aromatic nitrogens is 1. The lowest BCUT2D eigenvalue weighted by Gasteiger charge is -1.95. The molecule has 0 saturated carbocycles. The summed E-state index contributed by atoms with van der Waals surface area (Å²) in [6.07, 6.45) is 5.41. The molecule has 0 aliphatic carbocycles. The largest absolute Gasteiger partial charge is 0.336 e. The molecule has 1 aromatic carbocycles. The van der Waals surface area contributed by atoms with Crippen LogP contribution in [0.2, 0.25) is 0 Å². The van der Waals surface area contributed by atoms with E-state index in [-0.39, 0.29) is 0 Å². The molecule has 0 unspecified atom stereocenters. The average Bonchev–Trinajstić information content (AvgIpc) is 2.41. The molecule has 2 rings (SSSR count). The zero-order valence-corrected chi connectivity index (χ0v) is 8.80. The first-order valence-electron chi connectivity index (χ1n) is 3.95. The Balaban J connectivity index is 2.99. The number of halogens is 1. The van der Waals surface area contributed by atoms with Gasteiger partial charge in [-0.25, -0.2) is 0 Å². The Labute approximate surface area is 85.5 Å². The van der Waals surface area contributed by atoms with Crippen LogP contribution in [0.1, 0.15) is 5.69 Å². The number of terminal acetylenes is 1. The summed E-state index contributed by atoms with van der Waals surface area (Å²) in [5.41, 5.74) is 2.04. The first-order valence-corrected chi connectivity index (χ1v) is 4.74. The van der Waals surface area contributed by atoms with Crippen LogP contribution >= 0.6 is 15.9 Å². The van der Waals surface area contributed by atoms with Crippen molar-refractivity contribution in [3.63, 3.8) is 0 Å². The molecule has 0 bridgehead atoms. The fraction of sp³-hybridized carbons (Fsp3) is 0.0909. The van der Waals surface area contributed by atoms with Gasteiger partial charge in [-0.15, -0.1) is 6.42 Å². The Hall–Kier alpha value is -1.20. The van der Waals surface area contributed by atoms with Crippen LogP contribution in [0, 0.1) is 12.3 Å². The van der Waals surface area contributed by atoms with Gasteiger partial charge >= 0.3 is 0 Å². The van der Waals surface area contributed by atoms with E-state index in [1.807, 2.05) is 23.7 Å². The molecule has 0 amide bonds. The lowest BCUT2D eigenvalue weighted by atomic mass is 10.2. The van der Waals surface area contributed by atoms with Gasteiger partial charge in [-0.3, -0.25) is 0 Å². The maximum Gasteiger partial charge on any atom is 0.107 e. The molecule has 1 heterocycles. The Morgan fingerprint density at radius 1 is 1.38 bits per heavy atom. The van der Waals surface area contributed by atoms with E-state index in [0.29, 0.717) is 0 Å². The van der Waals surface area contributed by atoms with Gasteiger partial charge in [-0.1, -0.05) is 24.1 Å². The fourth-order valence-corrected chi connectivity index (χ4v) is 2.22. The molecule has 0 saturated heterocycles. The second-order valence-electron chi connectivity index (χ2n) is 2.88. The number of hydrogen-bond acceptors (Lipinski definition) is 0. The second-order valence-corrected chi connectivity index (χ2v) is 3.68. The zero-order chi connectivity index (χ0) is 9.42. The van der Waals surface area contributed by atoms with E-state index in [9.17, 15) is 0 Å². The van der Waals surface area contributed by atoms with E-state index < -0.39 is 0 Å². The fourth-order valence-electron chi connectivity index (χ4n) is 1.51. The number of para-hydroxylation sites is 1. The highest BCUT2D eigenvalue weighted by Gasteiger charge is 2.09. The van der Waals surface area contributed by atoms with Gasteiger partial charge in [-0.05, 0) is 22.0 Å². The van der Waals surface area contributed by atoms with Crippen molar-refractivity contribution in [1.29, 1.82) is 0 Å². The minimum atomic E-state index is 0.890. The van der Waals surface area contributed by atoms with E-state index in [0.717, 1.165) is 21.1 Å². The smallest absolute Gasteiger partial charge is 0.107 e. The summed E-state index contributed by atoms with van der Waals surface area (Å²) >= 11 is 3.50. The Kier molecular flexibility index (Phi) is 1.90. The van der Waals surface area contributed by atoms with Crippen LogP contribution in [-0.4, -0.2) is 4.57 Å². The Bertz CT molecular complexity index is 464. The minimum absolute atomic E-state index is 0.890. The molecule has 0 fully saturated rings. The lowest BCUT2D eigenvalue weighted by molar-refractivity contribution is 0.948.